The van der Waals surface area contributed by atoms with Gasteiger partial charge in [-0.25, -0.2) is 9.69 Å². The molecule has 6 heteroatoms. The topological polar surface area (TPSA) is 72.9 Å². The minimum Gasteiger partial charge on any atom is -0.497 e. The van der Waals surface area contributed by atoms with Gasteiger partial charge < -0.3 is 9.47 Å². The number of nitrogens with zero attached hydrogens (tertiary/aromatic N) is 1. The van der Waals surface area contributed by atoms with Crippen molar-refractivity contribution >= 4 is 23.9 Å². The van der Waals surface area contributed by atoms with E-state index >= 15 is 0 Å². The Hall–Kier alpha value is -3.41. The maximum absolute atomic E-state index is 12.2. The minimum atomic E-state index is -0.653. The molecule has 0 atom stereocenters. The van der Waals surface area contributed by atoms with Gasteiger partial charge in [-0.05, 0) is 35.9 Å². The summed E-state index contributed by atoms with van der Waals surface area (Å²) in [5.41, 5.74) is 1.39. The fourth-order valence-corrected chi connectivity index (χ4v) is 2.44. The van der Waals surface area contributed by atoms with Crippen molar-refractivity contribution in [1.29, 1.82) is 0 Å². The van der Waals surface area contributed by atoms with Gasteiger partial charge in [0.15, 0.2) is 6.73 Å². The van der Waals surface area contributed by atoms with Crippen LogP contribution in [0.5, 0.6) is 5.75 Å². The highest BCUT2D eigenvalue weighted by Gasteiger charge is 2.35. The molecule has 1 heterocycles. The number of carbonyl (C=O) groups is 3. The third-order valence-corrected chi connectivity index (χ3v) is 3.72. The molecule has 0 bridgehead atoms. The molecule has 0 aromatic heterocycles. The SMILES string of the molecule is COc1cccc(/C=C/C(=O)OCN2C(=O)c3ccccc3C2=O)c1. The fraction of sp³-hybridized carbons (Fsp3) is 0.105. The smallest absolute Gasteiger partial charge is 0.332 e. The number of hydrogen-bond acceptors (Lipinski definition) is 5. The third-order valence-electron chi connectivity index (χ3n) is 3.72. The van der Waals surface area contributed by atoms with Gasteiger partial charge in [0.2, 0.25) is 0 Å². The average molecular weight is 337 g/mol. The first-order chi connectivity index (χ1) is 12.1. The molecular weight excluding hydrogens is 322 g/mol. The third kappa shape index (κ3) is 3.42. The van der Waals surface area contributed by atoms with E-state index in [0.717, 1.165) is 10.5 Å². The second-order valence-corrected chi connectivity index (χ2v) is 5.29. The number of esters is 1. The van der Waals surface area contributed by atoms with Gasteiger partial charge in [0.05, 0.1) is 18.2 Å². The number of fused-ring (bicyclic) bond motifs is 1. The Morgan fingerprint density at radius 1 is 1.04 bits per heavy atom. The lowest BCUT2D eigenvalue weighted by Crippen LogP contribution is -2.32. The molecule has 2 aromatic carbocycles. The number of imide groups is 1. The molecule has 1 aliphatic heterocycles. The zero-order valence-corrected chi connectivity index (χ0v) is 13.5. The van der Waals surface area contributed by atoms with Gasteiger partial charge in [0.1, 0.15) is 5.75 Å². The van der Waals surface area contributed by atoms with Crippen LogP contribution in [-0.4, -0.2) is 36.5 Å². The van der Waals surface area contributed by atoms with E-state index in [9.17, 15) is 14.4 Å². The summed E-state index contributed by atoms with van der Waals surface area (Å²) < 4.78 is 10.1. The van der Waals surface area contributed by atoms with E-state index in [2.05, 4.69) is 0 Å². The van der Waals surface area contributed by atoms with Crippen LogP contribution in [-0.2, 0) is 9.53 Å². The number of amides is 2. The van der Waals surface area contributed by atoms with Crippen LogP contribution in [0.15, 0.2) is 54.6 Å². The number of benzene rings is 2. The molecule has 25 heavy (non-hydrogen) atoms. The standard InChI is InChI=1S/C19H15NO5/c1-24-14-6-4-5-13(11-14)9-10-17(21)25-12-20-18(22)15-7-2-3-8-16(15)19(20)23/h2-11H,12H2,1H3/b10-9+. The second kappa shape index (κ2) is 7.00. The average Bonchev–Trinajstić information content (AvgIpc) is 2.89. The van der Waals surface area contributed by atoms with Crippen LogP contribution in [0, 0.1) is 0 Å². The number of ether oxygens (including phenoxy) is 2. The predicted octanol–water partition coefficient (Wildman–Crippen LogP) is 2.51. The van der Waals surface area contributed by atoms with Crippen LogP contribution in [0.1, 0.15) is 26.3 Å². The van der Waals surface area contributed by atoms with Gasteiger partial charge >= 0.3 is 5.97 Å². The molecule has 0 radical (unpaired) electrons. The molecule has 126 valence electrons. The van der Waals surface area contributed by atoms with E-state index in [1.807, 2.05) is 0 Å². The van der Waals surface area contributed by atoms with E-state index < -0.39 is 24.5 Å². The van der Waals surface area contributed by atoms with Crippen LogP contribution in [0.2, 0.25) is 0 Å². The Morgan fingerprint density at radius 2 is 1.72 bits per heavy atom. The molecule has 2 amide bonds. The van der Waals surface area contributed by atoms with Crippen molar-refractivity contribution in [2.24, 2.45) is 0 Å². The maximum atomic E-state index is 12.2. The lowest BCUT2D eigenvalue weighted by molar-refractivity contribution is -0.140. The highest BCUT2D eigenvalue weighted by Crippen LogP contribution is 2.22. The molecular formula is C19H15NO5. The zero-order valence-electron chi connectivity index (χ0n) is 13.5. The molecule has 6 nitrogen and oxygen atoms in total. The monoisotopic (exact) mass is 337 g/mol. The van der Waals surface area contributed by atoms with Crippen molar-refractivity contribution in [2.75, 3.05) is 13.8 Å². The first-order valence-electron chi connectivity index (χ1n) is 7.54. The lowest BCUT2D eigenvalue weighted by atomic mass is 10.1. The van der Waals surface area contributed by atoms with Crippen LogP contribution < -0.4 is 4.74 Å². The van der Waals surface area contributed by atoms with Crippen LogP contribution in [0.4, 0.5) is 0 Å². The van der Waals surface area contributed by atoms with E-state index in [0.29, 0.717) is 16.9 Å². The maximum Gasteiger partial charge on any atom is 0.332 e. The van der Waals surface area contributed by atoms with E-state index in [-0.39, 0.29) is 0 Å². The molecule has 0 aliphatic carbocycles. The van der Waals surface area contributed by atoms with E-state index in [1.54, 1.807) is 61.7 Å². The van der Waals surface area contributed by atoms with Crippen molar-refractivity contribution < 1.29 is 23.9 Å². The molecule has 0 saturated heterocycles. The summed E-state index contributed by atoms with van der Waals surface area (Å²) in [7, 11) is 1.55. The quantitative estimate of drug-likeness (QED) is 0.476. The predicted molar refractivity (Wildman–Crippen MR) is 89.9 cm³/mol. The Bertz CT molecular complexity index is 837. The van der Waals surface area contributed by atoms with Crippen LogP contribution in [0.25, 0.3) is 6.08 Å². The normalized spacial score (nSPS) is 13.2. The minimum absolute atomic E-state index is 0.315. The summed E-state index contributed by atoms with van der Waals surface area (Å²) in [5.74, 6) is -0.920. The molecule has 0 unspecified atom stereocenters. The molecule has 0 spiro atoms. The van der Waals surface area contributed by atoms with Gasteiger partial charge in [-0.3, -0.25) is 9.59 Å². The van der Waals surface area contributed by atoms with Crippen LogP contribution in [0.3, 0.4) is 0 Å². The molecule has 0 fully saturated rings. The zero-order chi connectivity index (χ0) is 17.8. The molecule has 0 saturated carbocycles. The summed E-state index contributed by atoms with van der Waals surface area (Å²) in [6, 6.07) is 13.6. The lowest BCUT2D eigenvalue weighted by Gasteiger charge is -2.12. The van der Waals surface area contributed by atoms with Crippen molar-refractivity contribution in [3.05, 3.63) is 71.3 Å². The Labute approximate surface area is 144 Å². The van der Waals surface area contributed by atoms with Gasteiger partial charge in [0.25, 0.3) is 11.8 Å². The molecule has 3 rings (SSSR count). The Morgan fingerprint density at radius 3 is 2.36 bits per heavy atom. The first-order valence-corrected chi connectivity index (χ1v) is 7.54. The van der Waals surface area contributed by atoms with E-state index in [4.69, 9.17) is 9.47 Å². The van der Waals surface area contributed by atoms with Gasteiger partial charge in [-0.2, -0.15) is 0 Å². The number of hydrogen-bond donors (Lipinski definition) is 0. The summed E-state index contributed by atoms with van der Waals surface area (Å²) >= 11 is 0. The van der Waals surface area contributed by atoms with Gasteiger partial charge in [-0.1, -0.05) is 24.3 Å². The van der Waals surface area contributed by atoms with Gasteiger partial charge in [-0.15, -0.1) is 0 Å². The second-order valence-electron chi connectivity index (χ2n) is 5.29. The highest BCUT2D eigenvalue weighted by atomic mass is 16.5. The number of carbonyl (C=O) groups excluding carboxylic acids is 3. The Balaban J connectivity index is 1.60. The van der Waals surface area contributed by atoms with Crippen molar-refractivity contribution in [1.82, 2.24) is 4.90 Å². The van der Waals surface area contributed by atoms with Crippen molar-refractivity contribution in [2.45, 2.75) is 0 Å². The summed E-state index contributed by atoms with van der Waals surface area (Å²) in [5, 5.41) is 0. The summed E-state index contributed by atoms with van der Waals surface area (Å²) in [6.07, 6.45) is 2.79. The largest absolute Gasteiger partial charge is 0.497 e. The first kappa shape index (κ1) is 16.4. The van der Waals surface area contributed by atoms with Crippen LogP contribution >= 0.6 is 0 Å². The molecule has 1 aliphatic rings. The summed E-state index contributed by atoms with van der Waals surface area (Å²) in [6.45, 7) is -0.423. The van der Waals surface area contributed by atoms with Crippen molar-refractivity contribution in [3.8, 4) is 5.75 Å². The molecule has 0 N–H and O–H groups in total. The van der Waals surface area contributed by atoms with E-state index in [1.165, 1.54) is 6.08 Å². The number of methoxy groups -OCH3 is 1. The fourth-order valence-electron chi connectivity index (χ4n) is 2.44. The summed E-state index contributed by atoms with van der Waals surface area (Å²) in [4.78, 5) is 37.0. The van der Waals surface area contributed by atoms with Crippen molar-refractivity contribution in [3.63, 3.8) is 0 Å². The number of rotatable bonds is 5. The highest BCUT2D eigenvalue weighted by molar-refractivity contribution is 6.21. The Kier molecular flexibility index (Phi) is 4.61. The molecule has 2 aromatic rings. The van der Waals surface area contributed by atoms with Gasteiger partial charge in [0, 0.05) is 6.08 Å².